The fraction of sp³-hybridized carbons (Fsp3) is 0.846. The third-order valence-electron chi connectivity index (χ3n) is 3.71. The number of nitrogens with zero attached hydrogens (tertiary/aromatic N) is 4. The van der Waals surface area contributed by atoms with E-state index in [0.29, 0.717) is 24.3 Å². The predicted octanol–water partition coefficient (Wildman–Crippen LogP) is 0.649. The lowest BCUT2D eigenvalue weighted by molar-refractivity contribution is 0.0326. The van der Waals surface area contributed by atoms with Crippen molar-refractivity contribution < 1.29 is 9.63 Å². The first-order chi connectivity index (χ1) is 9.62. The van der Waals surface area contributed by atoms with E-state index in [1.807, 2.05) is 6.92 Å². The first kappa shape index (κ1) is 21.6. The summed E-state index contributed by atoms with van der Waals surface area (Å²) < 4.78 is 5.03. The largest absolute Gasteiger partial charge is 0.392 e. The molecule has 0 amide bonds. The molecule has 0 aromatic carbocycles. The SMILES string of the molecule is CCC1CN(Cc2noc(CN)n2)CCN1CC(C)O.Cl.Cl. The molecule has 0 radical (unpaired) electrons. The first-order valence-electron chi connectivity index (χ1n) is 7.28. The number of hydrogen-bond donors (Lipinski definition) is 2. The fourth-order valence-corrected chi connectivity index (χ4v) is 2.71. The highest BCUT2D eigenvalue weighted by Gasteiger charge is 2.27. The minimum Gasteiger partial charge on any atom is -0.392 e. The Labute approximate surface area is 144 Å². The number of aliphatic hydroxyl groups is 1. The molecule has 2 heterocycles. The van der Waals surface area contributed by atoms with Gasteiger partial charge in [-0.25, -0.2) is 0 Å². The van der Waals surface area contributed by atoms with Crippen molar-refractivity contribution in [3.05, 3.63) is 11.7 Å². The monoisotopic (exact) mass is 355 g/mol. The van der Waals surface area contributed by atoms with E-state index in [9.17, 15) is 5.11 Å². The third-order valence-corrected chi connectivity index (χ3v) is 3.71. The molecule has 1 aliphatic rings. The Morgan fingerprint density at radius 3 is 2.68 bits per heavy atom. The molecule has 0 aliphatic carbocycles. The van der Waals surface area contributed by atoms with Crippen molar-refractivity contribution in [2.45, 2.75) is 45.5 Å². The molecule has 2 unspecified atom stereocenters. The van der Waals surface area contributed by atoms with E-state index in [1.165, 1.54) is 0 Å². The van der Waals surface area contributed by atoms with E-state index in [4.69, 9.17) is 10.3 Å². The lowest BCUT2D eigenvalue weighted by atomic mass is 10.1. The number of nitrogens with two attached hydrogens (primary N) is 1. The van der Waals surface area contributed by atoms with Crippen molar-refractivity contribution in [1.29, 1.82) is 0 Å². The summed E-state index contributed by atoms with van der Waals surface area (Å²) in [7, 11) is 0. The Balaban J connectivity index is 0.00000220. The standard InChI is InChI=1S/C13H25N5O2.2ClH/c1-3-11-8-17(4-5-18(11)7-10(2)19)9-12-15-13(6-14)20-16-12;;/h10-11,19H,3-9,14H2,1-2H3;2*1H. The van der Waals surface area contributed by atoms with Gasteiger partial charge in [-0.3, -0.25) is 9.80 Å². The lowest BCUT2D eigenvalue weighted by Gasteiger charge is -2.41. The molecular formula is C13H27Cl2N5O2. The van der Waals surface area contributed by atoms with E-state index in [1.54, 1.807) is 0 Å². The third kappa shape index (κ3) is 5.98. The van der Waals surface area contributed by atoms with Crippen LogP contribution < -0.4 is 5.73 Å². The molecule has 22 heavy (non-hydrogen) atoms. The summed E-state index contributed by atoms with van der Waals surface area (Å²) in [6.07, 6.45) is 0.795. The van der Waals surface area contributed by atoms with Crippen molar-refractivity contribution in [2.75, 3.05) is 26.2 Å². The van der Waals surface area contributed by atoms with Gasteiger partial charge in [0.2, 0.25) is 5.89 Å². The molecule has 1 aromatic rings. The quantitative estimate of drug-likeness (QED) is 0.773. The predicted molar refractivity (Wildman–Crippen MR) is 89.3 cm³/mol. The molecule has 2 atom stereocenters. The Kier molecular flexibility index (Phi) is 10.1. The zero-order valence-electron chi connectivity index (χ0n) is 13.1. The minimum atomic E-state index is -0.278. The molecule has 0 bridgehead atoms. The van der Waals surface area contributed by atoms with Crippen LogP contribution in [0.1, 0.15) is 32.0 Å². The average Bonchev–Trinajstić information content (AvgIpc) is 2.87. The van der Waals surface area contributed by atoms with Crippen LogP contribution in [0.5, 0.6) is 0 Å². The maximum atomic E-state index is 9.55. The summed E-state index contributed by atoms with van der Waals surface area (Å²) in [5, 5.41) is 13.5. The Morgan fingerprint density at radius 2 is 2.14 bits per heavy atom. The second-order valence-electron chi connectivity index (χ2n) is 5.45. The molecular weight excluding hydrogens is 329 g/mol. The molecule has 7 nitrogen and oxygen atoms in total. The van der Waals surface area contributed by atoms with Crippen LogP contribution in [0.25, 0.3) is 0 Å². The molecule has 1 aliphatic heterocycles. The first-order valence-corrected chi connectivity index (χ1v) is 7.28. The zero-order valence-corrected chi connectivity index (χ0v) is 14.8. The molecule has 3 N–H and O–H groups in total. The number of piperazine rings is 1. The normalized spacial score (nSPS) is 21.0. The summed E-state index contributed by atoms with van der Waals surface area (Å²) in [6.45, 7) is 8.63. The Morgan fingerprint density at radius 1 is 1.41 bits per heavy atom. The van der Waals surface area contributed by atoms with Gasteiger partial charge in [0.05, 0.1) is 19.2 Å². The number of halogens is 2. The molecule has 2 rings (SSSR count). The number of aromatic nitrogens is 2. The van der Waals surface area contributed by atoms with Gasteiger partial charge in [0.25, 0.3) is 0 Å². The molecule has 1 saturated heterocycles. The molecule has 1 aromatic heterocycles. The molecule has 0 spiro atoms. The molecule has 0 saturated carbocycles. The summed E-state index contributed by atoms with van der Waals surface area (Å²) in [5.41, 5.74) is 5.46. The average molecular weight is 356 g/mol. The maximum absolute atomic E-state index is 9.55. The van der Waals surface area contributed by atoms with Crippen LogP contribution in [0.2, 0.25) is 0 Å². The van der Waals surface area contributed by atoms with Gasteiger partial charge < -0.3 is 15.4 Å². The summed E-state index contributed by atoms with van der Waals surface area (Å²) in [5.74, 6) is 1.18. The van der Waals surface area contributed by atoms with Gasteiger partial charge >= 0.3 is 0 Å². The maximum Gasteiger partial charge on any atom is 0.240 e. The van der Waals surface area contributed by atoms with Crippen molar-refractivity contribution in [3.8, 4) is 0 Å². The van der Waals surface area contributed by atoms with Crippen molar-refractivity contribution >= 4 is 24.8 Å². The second-order valence-corrected chi connectivity index (χ2v) is 5.45. The second kappa shape index (κ2) is 10.4. The van der Waals surface area contributed by atoms with Gasteiger partial charge in [-0.1, -0.05) is 12.1 Å². The van der Waals surface area contributed by atoms with E-state index in [2.05, 4.69) is 26.9 Å². The van der Waals surface area contributed by atoms with Crippen molar-refractivity contribution in [2.24, 2.45) is 5.73 Å². The smallest absolute Gasteiger partial charge is 0.240 e. The van der Waals surface area contributed by atoms with Crippen LogP contribution in [0.4, 0.5) is 0 Å². The Bertz CT molecular complexity index is 419. The number of β-amino-alcohol motifs (C(OH)–C–C–N with tert-alkyl or cyclic N) is 1. The van der Waals surface area contributed by atoms with Crippen molar-refractivity contribution in [1.82, 2.24) is 19.9 Å². The highest BCUT2D eigenvalue weighted by atomic mass is 35.5. The van der Waals surface area contributed by atoms with Crippen LogP contribution in [0, 0.1) is 0 Å². The van der Waals surface area contributed by atoms with Gasteiger partial charge in [0.15, 0.2) is 5.82 Å². The lowest BCUT2D eigenvalue weighted by Crippen LogP contribution is -2.54. The van der Waals surface area contributed by atoms with Crippen LogP contribution in [-0.4, -0.2) is 63.4 Å². The van der Waals surface area contributed by atoms with Gasteiger partial charge in [-0.15, -0.1) is 24.8 Å². The highest BCUT2D eigenvalue weighted by Crippen LogP contribution is 2.15. The number of aliphatic hydroxyl groups excluding tert-OH is 1. The van der Waals surface area contributed by atoms with E-state index in [0.717, 1.165) is 32.6 Å². The van der Waals surface area contributed by atoms with Crippen LogP contribution in [0.3, 0.4) is 0 Å². The number of hydrogen-bond acceptors (Lipinski definition) is 7. The Hall–Kier alpha value is -0.440. The van der Waals surface area contributed by atoms with E-state index in [-0.39, 0.29) is 37.5 Å². The molecule has 1 fully saturated rings. The van der Waals surface area contributed by atoms with E-state index >= 15 is 0 Å². The van der Waals surface area contributed by atoms with Crippen LogP contribution in [-0.2, 0) is 13.1 Å². The topological polar surface area (TPSA) is 91.7 Å². The van der Waals surface area contributed by atoms with Crippen LogP contribution >= 0.6 is 24.8 Å². The van der Waals surface area contributed by atoms with Gasteiger partial charge in [0, 0.05) is 32.2 Å². The van der Waals surface area contributed by atoms with Gasteiger partial charge in [-0.2, -0.15) is 4.98 Å². The summed E-state index contributed by atoms with van der Waals surface area (Å²) in [6, 6.07) is 0.472. The summed E-state index contributed by atoms with van der Waals surface area (Å²) >= 11 is 0. The van der Waals surface area contributed by atoms with Gasteiger partial charge in [0.1, 0.15) is 0 Å². The number of rotatable bonds is 6. The minimum absolute atomic E-state index is 0. The zero-order chi connectivity index (χ0) is 14.5. The van der Waals surface area contributed by atoms with Crippen molar-refractivity contribution in [3.63, 3.8) is 0 Å². The van der Waals surface area contributed by atoms with Gasteiger partial charge in [-0.05, 0) is 13.3 Å². The molecule has 130 valence electrons. The molecule has 9 heteroatoms. The highest BCUT2D eigenvalue weighted by molar-refractivity contribution is 5.85. The van der Waals surface area contributed by atoms with E-state index < -0.39 is 0 Å². The van der Waals surface area contributed by atoms with Crippen LogP contribution in [0.15, 0.2) is 4.52 Å². The summed E-state index contributed by atoms with van der Waals surface area (Å²) in [4.78, 5) is 8.94. The fourth-order valence-electron chi connectivity index (χ4n) is 2.71.